The maximum Gasteiger partial charge on any atom is 0.326 e. The smallest absolute Gasteiger partial charge is 0.326 e. The first-order chi connectivity index (χ1) is 16.7. The number of carbonyl (C=O) groups is 4. The molecule has 0 radical (unpaired) electrons. The first-order valence-corrected chi connectivity index (χ1v) is 12.4. The Morgan fingerprint density at radius 2 is 1.19 bits per heavy atom. The lowest BCUT2D eigenvalue weighted by Gasteiger charge is -2.27. The van der Waals surface area contributed by atoms with Crippen LogP contribution in [0.4, 0.5) is 0 Å². The van der Waals surface area contributed by atoms with Gasteiger partial charge in [-0.15, -0.1) is 0 Å². The molecule has 3 amide bonds. The molecule has 1 aromatic carbocycles. The van der Waals surface area contributed by atoms with Gasteiger partial charge in [-0.25, -0.2) is 4.79 Å². The Balaban J connectivity index is 3.17. The van der Waals surface area contributed by atoms with Crippen molar-refractivity contribution in [1.82, 2.24) is 16.0 Å². The van der Waals surface area contributed by atoms with E-state index in [1.165, 1.54) is 12.1 Å². The van der Waals surface area contributed by atoms with Gasteiger partial charge in [-0.05, 0) is 48.3 Å². The Hall–Kier alpha value is -3.14. The van der Waals surface area contributed by atoms with Crippen molar-refractivity contribution in [2.75, 3.05) is 0 Å². The number of aromatic hydroxyl groups is 1. The molecule has 0 fully saturated rings. The predicted molar refractivity (Wildman–Crippen MR) is 137 cm³/mol. The van der Waals surface area contributed by atoms with Gasteiger partial charge in [-0.3, -0.25) is 14.4 Å². The number of hydrogen-bond acceptors (Lipinski definition) is 6. The molecule has 202 valence electrons. The van der Waals surface area contributed by atoms with Gasteiger partial charge in [-0.1, -0.05) is 53.7 Å². The first kappa shape index (κ1) is 30.9. The second-order valence-corrected chi connectivity index (χ2v) is 10.4. The van der Waals surface area contributed by atoms with E-state index in [1.54, 1.807) is 26.0 Å². The Morgan fingerprint density at radius 3 is 1.67 bits per heavy atom. The molecule has 1 rings (SSSR count). The molecule has 10 heteroatoms. The Bertz CT molecular complexity index is 885. The van der Waals surface area contributed by atoms with Crippen LogP contribution < -0.4 is 21.7 Å². The average Bonchev–Trinajstić information content (AvgIpc) is 2.77. The molecule has 0 heterocycles. The molecule has 7 N–H and O–H groups in total. The summed E-state index contributed by atoms with van der Waals surface area (Å²) >= 11 is 0. The number of amides is 3. The van der Waals surface area contributed by atoms with Crippen LogP contribution in [0.5, 0.6) is 5.75 Å². The molecule has 0 aliphatic rings. The summed E-state index contributed by atoms with van der Waals surface area (Å²) in [4.78, 5) is 50.7. The van der Waals surface area contributed by atoms with Crippen LogP contribution in [0.2, 0.25) is 0 Å². The number of carboxylic acids is 1. The number of nitrogens with two attached hydrogens (primary N) is 1. The number of phenols is 1. The fourth-order valence-electron chi connectivity index (χ4n) is 3.59. The Morgan fingerprint density at radius 1 is 0.750 bits per heavy atom. The number of hydrogen-bond donors (Lipinski definition) is 6. The van der Waals surface area contributed by atoms with E-state index >= 15 is 0 Å². The molecule has 0 bridgehead atoms. The fourth-order valence-corrected chi connectivity index (χ4v) is 3.59. The van der Waals surface area contributed by atoms with Crippen LogP contribution in [0.1, 0.15) is 59.9 Å². The van der Waals surface area contributed by atoms with E-state index in [9.17, 15) is 29.4 Å². The molecule has 1 aromatic rings. The van der Waals surface area contributed by atoms with Crippen LogP contribution >= 0.6 is 0 Å². The van der Waals surface area contributed by atoms with Crippen molar-refractivity contribution in [3.05, 3.63) is 29.8 Å². The van der Waals surface area contributed by atoms with Crippen molar-refractivity contribution in [3.63, 3.8) is 0 Å². The quantitative estimate of drug-likeness (QED) is 0.222. The lowest BCUT2D eigenvalue weighted by molar-refractivity contribution is -0.142. The Labute approximate surface area is 213 Å². The average molecular weight is 507 g/mol. The zero-order valence-electron chi connectivity index (χ0n) is 22.1. The topological polar surface area (TPSA) is 171 Å². The summed E-state index contributed by atoms with van der Waals surface area (Å²) < 4.78 is 0. The van der Waals surface area contributed by atoms with Crippen molar-refractivity contribution in [3.8, 4) is 5.75 Å². The second-order valence-electron chi connectivity index (χ2n) is 10.4. The highest BCUT2D eigenvalue weighted by molar-refractivity contribution is 5.94. The highest BCUT2D eigenvalue weighted by Gasteiger charge is 2.31. The minimum absolute atomic E-state index is 0.0207. The van der Waals surface area contributed by atoms with E-state index < -0.39 is 47.9 Å². The summed E-state index contributed by atoms with van der Waals surface area (Å²) in [5, 5.41) is 27.0. The van der Waals surface area contributed by atoms with Gasteiger partial charge < -0.3 is 31.9 Å². The van der Waals surface area contributed by atoms with E-state index in [4.69, 9.17) is 5.73 Å². The molecule has 4 atom stereocenters. The normalized spacial score (nSPS) is 14.7. The lowest BCUT2D eigenvalue weighted by Crippen LogP contribution is -2.58. The number of nitrogens with one attached hydrogen (secondary N) is 3. The third-order valence-electron chi connectivity index (χ3n) is 5.69. The highest BCUT2D eigenvalue weighted by atomic mass is 16.4. The van der Waals surface area contributed by atoms with Crippen LogP contribution in [0.3, 0.4) is 0 Å². The number of rotatable bonds is 14. The van der Waals surface area contributed by atoms with Gasteiger partial charge in [0, 0.05) is 6.42 Å². The fraction of sp³-hybridized carbons (Fsp3) is 0.615. The van der Waals surface area contributed by atoms with Crippen LogP contribution in [0, 0.1) is 17.8 Å². The van der Waals surface area contributed by atoms with Crippen LogP contribution in [0.15, 0.2) is 24.3 Å². The zero-order valence-corrected chi connectivity index (χ0v) is 22.1. The monoisotopic (exact) mass is 506 g/mol. The molecule has 4 unspecified atom stereocenters. The second kappa shape index (κ2) is 14.4. The van der Waals surface area contributed by atoms with Crippen LogP contribution in [-0.2, 0) is 25.6 Å². The van der Waals surface area contributed by atoms with Crippen molar-refractivity contribution < 1.29 is 29.4 Å². The number of carbonyl (C=O) groups excluding carboxylic acids is 3. The van der Waals surface area contributed by atoms with E-state index in [1.807, 2.05) is 27.7 Å². The lowest BCUT2D eigenvalue weighted by atomic mass is 9.99. The van der Waals surface area contributed by atoms with E-state index in [0.717, 1.165) is 0 Å². The maximum absolute atomic E-state index is 13.3. The van der Waals surface area contributed by atoms with Crippen LogP contribution in [0.25, 0.3) is 0 Å². The summed E-state index contributed by atoms with van der Waals surface area (Å²) in [7, 11) is 0. The molecule has 0 aliphatic carbocycles. The summed E-state index contributed by atoms with van der Waals surface area (Å²) in [6.07, 6.45) is 0.598. The minimum Gasteiger partial charge on any atom is -0.508 e. The number of carboxylic acid groups (broad SMARTS) is 1. The van der Waals surface area contributed by atoms with Gasteiger partial charge in [0.1, 0.15) is 23.9 Å². The molecule has 0 saturated heterocycles. The molecule has 0 aliphatic heterocycles. The SMILES string of the molecule is CC(C)CC(NC(=O)C(Cc1ccc(O)cc1)NC(=O)C(CC(C)C)NC(=O)C(N)C(C)C)C(=O)O. The van der Waals surface area contributed by atoms with Gasteiger partial charge in [0.05, 0.1) is 6.04 Å². The first-order valence-electron chi connectivity index (χ1n) is 12.4. The third kappa shape index (κ3) is 10.6. The largest absolute Gasteiger partial charge is 0.508 e. The van der Waals surface area contributed by atoms with Crippen LogP contribution in [-0.4, -0.2) is 58.1 Å². The number of phenolic OH excluding ortho intramolecular Hbond substituents is 1. The zero-order chi connectivity index (χ0) is 27.6. The molecular formula is C26H42N4O6. The van der Waals surface area contributed by atoms with E-state index in [2.05, 4.69) is 16.0 Å². The molecule has 0 spiro atoms. The summed E-state index contributed by atoms with van der Waals surface area (Å²) in [5.41, 5.74) is 6.59. The van der Waals surface area contributed by atoms with E-state index in [0.29, 0.717) is 12.0 Å². The number of aliphatic carboxylic acids is 1. The van der Waals surface area contributed by atoms with Gasteiger partial charge >= 0.3 is 5.97 Å². The standard InChI is InChI=1S/C26H42N4O6/c1-14(2)11-19(29-25(34)22(27)16(5)6)23(32)28-20(13-17-7-9-18(31)10-8-17)24(33)30-21(26(35)36)12-15(3)4/h7-10,14-16,19-22,31H,11-13,27H2,1-6H3,(H,28,32)(H,29,34)(H,30,33)(H,35,36). The van der Waals surface area contributed by atoms with Gasteiger partial charge in [-0.2, -0.15) is 0 Å². The summed E-state index contributed by atoms with van der Waals surface area (Å²) in [6.45, 7) is 11.1. The van der Waals surface area contributed by atoms with Crippen molar-refractivity contribution in [2.45, 2.75) is 85.0 Å². The van der Waals surface area contributed by atoms with Crippen molar-refractivity contribution >= 4 is 23.7 Å². The third-order valence-corrected chi connectivity index (χ3v) is 5.69. The molecule has 36 heavy (non-hydrogen) atoms. The molecule has 0 saturated carbocycles. The maximum atomic E-state index is 13.3. The predicted octanol–water partition coefficient (Wildman–Crippen LogP) is 1.55. The summed E-state index contributed by atoms with van der Waals surface area (Å²) in [5.74, 6) is -2.86. The van der Waals surface area contributed by atoms with E-state index in [-0.39, 0.29) is 36.3 Å². The summed E-state index contributed by atoms with van der Waals surface area (Å²) in [6, 6.07) is 2.19. The molecule has 0 aromatic heterocycles. The van der Waals surface area contributed by atoms with Crippen molar-refractivity contribution in [2.24, 2.45) is 23.5 Å². The van der Waals surface area contributed by atoms with Crippen molar-refractivity contribution in [1.29, 1.82) is 0 Å². The Kier molecular flexibility index (Phi) is 12.4. The van der Waals surface area contributed by atoms with Gasteiger partial charge in [0.15, 0.2) is 0 Å². The van der Waals surface area contributed by atoms with Gasteiger partial charge in [0.2, 0.25) is 17.7 Å². The highest BCUT2D eigenvalue weighted by Crippen LogP contribution is 2.13. The molecular weight excluding hydrogens is 464 g/mol. The van der Waals surface area contributed by atoms with Gasteiger partial charge in [0.25, 0.3) is 0 Å². The number of benzene rings is 1. The molecule has 10 nitrogen and oxygen atoms in total. The minimum atomic E-state index is -1.17.